The first-order valence-electron chi connectivity index (χ1n) is 5.96. The monoisotopic (exact) mass is 238 g/mol. The van der Waals surface area contributed by atoms with Crippen molar-refractivity contribution in [2.24, 2.45) is 0 Å². The van der Waals surface area contributed by atoms with Gasteiger partial charge in [-0.15, -0.1) is 0 Å². The van der Waals surface area contributed by atoms with E-state index in [1.165, 1.54) is 0 Å². The number of ketones is 1. The molecular formula is C17H18O. The fourth-order valence-electron chi connectivity index (χ4n) is 0.963. The number of hydrogen-bond acceptors (Lipinski definition) is 1. The van der Waals surface area contributed by atoms with E-state index in [1.54, 1.807) is 36.5 Å². The average Bonchev–Trinajstić information content (AvgIpc) is 2.36. The molecule has 0 rings (SSSR count). The molecule has 92 valence electrons. The normalized spacial score (nSPS) is 10.8. The molecule has 1 heteroatoms. The van der Waals surface area contributed by atoms with Crippen molar-refractivity contribution < 1.29 is 4.79 Å². The fourth-order valence-corrected chi connectivity index (χ4v) is 0.963. The summed E-state index contributed by atoms with van der Waals surface area (Å²) in [5, 5.41) is 0. The standard InChI is InChI=1S/C17H18O/c1-3-5-6-7-8-9-10-11-12-13-14-16-17(18)15-4-2/h3,5,10-14,16H,4,15H2,1-2H3. The van der Waals surface area contributed by atoms with Crippen LogP contribution in [-0.4, -0.2) is 5.78 Å². The first-order chi connectivity index (χ1) is 8.81. The maximum absolute atomic E-state index is 11.1. The van der Waals surface area contributed by atoms with E-state index in [4.69, 9.17) is 0 Å². The Kier molecular flexibility index (Phi) is 11.2. The van der Waals surface area contributed by atoms with Crippen LogP contribution in [0.5, 0.6) is 0 Å². The zero-order valence-electron chi connectivity index (χ0n) is 10.9. The molecule has 0 atom stereocenters. The molecule has 0 spiro atoms. The van der Waals surface area contributed by atoms with Gasteiger partial charge in [0, 0.05) is 6.42 Å². The third-order valence-electron chi connectivity index (χ3n) is 1.75. The molecule has 0 aliphatic rings. The Balaban J connectivity index is 3.96. The van der Waals surface area contributed by atoms with Crippen LogP contribution in [0.25, 0.3) is 0 Å². The van der Waals surface area contributed by atoms with Crippen LogP contribution in [0.15, 0.2) is 48.6 Å². The van der Waals surface area contributed by atoms with Crippen molar-refractivity contribution in [3.63, 3.8) is 0 Å². The van der Waals surface area contributed by atoms with Crippen LogP contribution in [-0.2, 0) is 4.79 Å². The van der Waals surface area contributed by atoms with E-state index in [0.29, 0.717) is 6.42 Å². The first kappa shape index (κ1) is 15.8. The quantitative estimate of drug-likeness (QED) is 0.406. The van der Waals surface area contributed by atoms with Crippen molar-refractivity contribution in [3.05, 3.63) is 48.6 Å². The van der Waals surface area contributed by atoms with Gasteiger partial charge in [0.1, 0.15) is 0 Å². The summed E-state index contributed by atoms with van der Waals surface area (Å²) in [6.45, 7) is 3.90. The SMILES string of the molecule is CC=CC#CC#CC=CC=CC=CC(=O)CCC. The summed E-state index contributed by atoms with van der Waals surface area (Å²) in [7, 11) is 0. The lowest BCUT2D eigenvalue weighted by molar-refractivity contribution is -0.114. The molecule has 1 nitrogen and oxygen atoms in total. The number of hydrogen-bond donors (Lipinski definition) is 0. The first-order valence-corrected chi connectivity index (χ1v) is 5.96. The van der Waals surface area contributed by atoms with Crippen molar-refractivity contribution in [1.29, 1.82) is 0 Å². The van der Waals surface area contributed by atoms with Crippen LogP contribution in [0.3, 0.4) is 0 Å². The zero-order valence-corrected chi connectivity index (χ0v) is 10.9. The average molecular weight is 238 g/mol. The van der Waals surface area contributed by atoms with Gasteiger partial charge in [0.25, 0.3) is 0 Å². The topological polar surface area (TPSA) is 17.1 Å². The van der Waals surface area contributed by atoms with Gasteiger partial charge in [-0.3, -0.25) is 4.79 Å². The molecule has 0 unspecified atom stereocenters. The van der Waals surface area contributed by atoms with E-state index >= 15 is 0 Å². The van der Waals surface area contributed by atoms with E-state index in [9.17, 15) is 4.79 Å². The Bertz CT molecular complexity index is 465. The third-order valence-corrected chi connectivity index (χ3v) is 1.75. The summed E-state index contributed by atoms with van der Waals surface area (Å²) >= 11 is 0. The van der Waals surface area contributed by atoms with Crippen molar-refractivity contribution in [2.45, 2.75) is 26.7 Å². The van der Waals surface area contributed by atoms with Crippen molar-refractivity contribution >= 4 is 5.78 Å². The highest BCUT2D eigenvalue weighted by Crippen LogP contribution is 1.90. The summed E-state index contributed by atoms with van der Waals surface area (Å²) in [6, 6.07) is 0. The lowest BCUT2D eigenvalue weighted by Gasteiger charge is -1.85. The van der Waals surface area contributed by atoms with E-state index in [1.807, 2.05) is 26.0 Å². The largest absolute Gasteiger partial charge is 0.295 e. The second kappa shape index (κ2) is 12.8. The van der Waals surface area contributed by atoms with Gasteiger partial charge >= 0.3 is 0 Å². The van der Waals surface area contributed by atoms with Gasteiger partial charge in [-0.1, -0.05) is 49.1 Å². The third kappa shape index (κ3) is 11.8. The molecule has 0 aromatic rings. The molecule has 0 amide bonds. The number of carbonyl (C=O) groups excluding carboxylic acids is 1. The molecule has 0 saturated heterocycles. The maximum Gasteiger partial charge on any atom is 0.155 e. The van der Waals surface area contributed by atoms with E-state index in [0.717, 1.165) is 6.42 Å². The second-order valence-corrected chi connectivity index (χ2v) is 3.36. The van der Waals surface area contributed by atoms with Gasteiger partial charge in [0.05, 0.1) is 0 Å². The Morgan fingerprint density at radius 2 is 1.67 bits per heavy atom. The minimum atomic E-state index is 0.158. The van der Waals surface area contributed by atoms with Gasteiger partial charge in [-0.2, -0.15) is 0 Å². The summed E-state index contributed by atoms with van der Waals surface area (Å²) < 4.78 is 0. The summed E-state index contributed by atoms with van der Waals surface area (Å²) in [5.74, 6) is 11.1. The molecule has 0 bridgehead atoms. The molecule has 0 saturated carbocycles. The van der Waals surface area contributed by atoms with Crippen LogP contribution in [0.1, 0.15) is 26.7 Å². The number of allylic oxidation sites excluding steroid dienone is 8. The lowest BCUT2D eigenvalue weighted by Crippen LogP contribution is -1.88. The van der Waals surface area contributed by atoms with Gasteiger partial charge in [-0.25, -0.2) is 0 Å². The molecular weight excluding hydrogens is 220 g/mol. The Labute approximate surface area is 110 Å². The highest BCUT2D eigenvalue weighted by Gasteiger charge is 1.89. The fraction of sp³-hybridized carbons (Fsp3) is 0.235. The zero-order chi connectivity index (χ0) is 13.5. The van der Waals surface area contributed by atoms with Crippen molar-refractivity contribution in [1.82, 2.24) is 0 Å². The predicted octanol–water partition coefficient (Wildman–Crippen LogP) is 3.61. The molecule has 0 heterocycles. The predicted molar refractivity (Wildman–Crippen MR) is 77.7 cm³/mol. The van der Waals surface area contributed by atoms with Gasteiger partial charge in [-0.05, 0) is 43.4 Å². The molecule has 0 fully saturated rings. The molecule has 0 radical (unpaired) electrons. The molecule has 18 heavy (non-hydrogen) atoms. The summed E-state index contributed by atoms with van der Waals surface area (Å²) in [5.41, 5.74) is 0. The highest BCUT2D eigenvalue weighted by atomic mass is 16.1. The molecule has 0 aliphatic carbocycles. The molecule has 0 N–H and O–H groups in total. The maximum atomic E-state index is 11.1. The van der Waals surface area contributed by atoms with Gasteiger partial charge in [0.15, 0.2) is 5.78 Å². The second-order valence-electron chi connectivity index (χ2n) is 3.36. The lowest BCUT2D eigenvalue weighted by atomic mass is 10.2. The van der Waals surface area contributed by atoms with Crippen LogP contribution < -0.4 is 0 Å². The van der Waals surface area contributed by atoms with Gasteiger partial charge < -0.3 is 0 Å². The minimum Gasteiger partial charge on any atom is -0.295 e. The number of rotatable bonds is 5. The smallest absolute Gasteiger partial charge is 0.155 e. The van der Waals surface area contributed by atoms with Crippen LogP contribution in [0.2, 0.25) is 0 Å². The Morgan fingerprint density at radius 3 is 2.33 bits per heavy atom. The van der Waals surface area contributed by atoms with Gasteiger partial charge in [0.2, 0.25) is 0 Å². The van der Waals surface area contributed by atoms with Crippen molar-refractivity contribution in [3.8, 4) is 23.7 Å². The summed E-state index contributed by atoms with van der Waals surface area (Å²) in [4.78, 5) is 11.1. The highest BCUT2D eigenvalue weighted by molar-refractivity contribution is 5.89. The van der Waals surface area contributed by atoms with Crippen LogP contribution >= 0.6 is 0 Å². The van der Waals surface area contributed by atoms with E-state index in [2.05, 4.69) is 23.7 Å². The van der Waals surface area contributed by atoms with Crippen molar-refractivity contribution in [2.75, 3.05) is 0 Å². The summed E-state index contributed by atoms with van der Waals surface area (Å²) in [6.07, 6.45) is 15.6. The minimum absolute atomic E-state index is 0.158. The van der Waals surface area contributed by atoms with Crippen LogP contribution in [0.4, 0.5) is 0 Å². The Morgan fingerprint density at radius 1 is 1.00 bits per heavy atom. The molecule has 0 aromatic carbocycles. The Hall–Kier alpha value is -2.25. The molecule has 0 aliphatic heterocycles. The molecule has 0 aromatic heterocycles. The van der Waals surface area contributed by atoms with E-state index in [-0.39, 0.29) is 5.78 Å². The van der Waals surface area contributed by atoms with E-state index < -0.39 is 0 Å². The van der Waals surface area contributed by atoms with Crippen LogP contribution in [0, 0.1) is 23.7 Å². The number of carbonyl (C=O) groups is 1.